The van der Waals surface area contributed by atoms with E-state index >= 15 is 0 Å². The van der Waals surface area contributed by atoms with Gasteiger partial charge in [0.05, 0.1) is 10.9 Å². The summed E-state index contributed by atoms with van der Waals surface area (Å²) in [5, 5.41) is 18.7. The normalized spacial score (nSPS) is 10.4. The second kappa shape index (κ2) is 3.13. The topological polar surface area (TPSA) is 96.4 Å². The smallest absolute Gasteiger partial charge is 0.354 e. The fourth-order valence-corrected chi connectivity index (χ4v) is 1.40. The predicted octanol–water partition coefficient (Wildman–Crippen LogP) is 1.22. The van der Waals surface area contributed by atoms with Crippen LogP contribution in [0.5, 0.6) is 5.75 Å². The Morgan fingerprint density at radius 3 is 2.80 bits per heavy atom. The van der Waals surface area contributed by atoms with Crippen LogP contribution in [0.1, 0.15) is 10.5 Å². The lowest BCUT2D eigenvalue weighted by molar-refractivity contribution is 0.0690. The van der Waals surface area contributed by atoms with Crippen molar-refractivity contribution in [3.05, 3.63) is 30.0 Å². The number of nitrogens with two attached hydrogens (primary N) is 1. The highest BCUT2D eigenvalue weighted by Crippen LogP contribution is 2.29. The molecule has 0 amide bonds. The SMILES string of the molecule is Nc1cccc2nc(C(=O)O)cc(O)c12. The molecule has 0 aliphatic heterocycles. The van der Waals surface area contributed by atoms with Gasteiger partial charge < -0.3 is 15.9 Å². The first-order chi connectivity index (χ1) is 7.09. The third-order valence-corrected chi connectivity index (χ3v) is 2.06. The zero-order chi connectivity index (χ0) is 11.0. The minimum atomic E-state index is -1.19. The molecule has 0 atom stereocenters. The molecule has 0 saturated carbocycles. The van der Waals surface area contributed by atoms with Gasteiger partial charge in [0.1, 0.15) is 5.75 Å². The Morgan fingerprint density at radius 2 is 2.13 bits per heavy atom. The highest BCUT2D eigenvalue weighted by atomic mass is 16.4. The largest absolute Gasteiger partial charge is 0.507 e. The second-order valence-corrected chi connectivity index (χ2v) is 3.07. The number of benzene rings is 1. The van der Waals surface area contributed by atoms with Crippen molar-refractivity contribution in [1.29, 1.82) is 0 Å². The van der Waals surface area contributed by atoms with Gasteiger partial charge in [0.25, 0.3) is 0 Å². The summed E-state index contributed by atoms with van der Waals surface area (Å²) in [6, 6.07) is 5.94. The van der Waals surface area contributed by atoms with Gasteiger partial charge in [-0.1, -0.05) is 6.07 Å². The van der Waals surface area contributed by atoms with Crippen molar-refractivity contribution in [2.75, 3.05) is 5.73 Å². The van der Waals surface area contributed by atoms with Crippen molar-refractivity contribution in [1.82, 2.24) is 4.98 Å². The molecule has 0 saturated heterocycles. The summed E-state index contributed by atoms with van der Waals surface area (Å²) in [5.74, 6) is -1.36. The second-order valence-electron chi connectivity index (χ2n) is 3.07. The summed E-state index contributed by atoms with van der Waals surface area (Å²) < 4.78 is 0. The Bertz CT molecular complexity index is 552. The van der Waals surface area contributed by atoms with Gasteiger partial charge in [-0.15, -0.1) is 0 Å². The van der Waals surface area contributed by atoms with E-state index in [2.05, 4.69) is 4.98 Å². The number of fused-ring (bicyclic) bond motifs is 1. The van der Waals surface area contributed by atoms with Gasteiger partial charge >= 0.3 is 5.97 Å². The molecular formula is C10H8N2O3. The number of rotatable bonds is 1. The van der Waals surface area contributed by atoms with Crippen LogP contribution < -0.4 is 5.73 Å². The van der Waals surface area contributed by atoms with Crippen LogP contribution in [0, 0.1) is 0 Å². The summed E-state index contributed by atoms with van der Waals surface area (Å²) in [6.45, 7) is 0. The Balaban J connectivity index is 2.84. The molecule has 4 N–H and O–H groups in total. The summed E-state index contributed by atoms with van der Waals surface area (Å²) in [4.78, 5) is 14.5. The van der Waals surface area contributed by atoms with E-state index in [1.165, 1.54) is 0 Å². The molecule has 1 heterocycles. The number of nitrogen functional groups attached to an aromatic ring is 1. The molecule has 15 heavy (non-hydrogen) atoms. The predicted molar refractivity (Wildman–Crippen MR) is 54.8 cm³/mol. The first-order valence-corrected chi connectivity index (χ1v) is 4.21. The van der Waals surface area contributed by atoms with Crippen LogP contribution in [0.2, 0.25) is 0 Å². The summed E-state index contributed by atoms with van der Waals surface area (Å²) in [6.07, 6.45) is 0. The minimum absolute atomic E-state index is 0.171. The molecular weight excluding hydrogens is 196 g/mol. The molecule has 2 rings (SSSR count). The third-order valence-electron chi connectivity index (χ3n) is 2.06. The number of nitrogens with zero attached hydrogens (tertiary/aromatic N) is 1. The first-order valence-electron chi connectivity index (χ1n) is 4.21. The molecule has 76 valence electrons. The van der Waals surface area contributed by atoms with Gasteiger partial charge in [0.2, 0.25) is 0 Å². The molecule has 0 spiro atoms. The number of aromatic carboxylic acids is 1. The van der Waals surface area contributed by atoms with Crippen LogP contribution >= 0.6 is 0 Å². The lowest BCUT2D eigenvalue weighted by Gasteiger charge is -2.04. The fraction of sp³-hybridized carbons (Fsp3) is 0. The van der Waals surface area contributed by atoms with Crippen LogP contribution in [0.15, 0.2) is 24.3 Å². The number of hydrogen-bond donors (Lipinski definition) is 3. The van der Waals surface area contributed by atoms with Crippen molar-refractivity contribution in [2.45, 2.75) is 0 Å². The average molecular weight is 204 g/mol. The van der Waals surface area contributed by atoms with Crippen molar-refractivity contribution in [3.63, 3.8) is 0 Å². The first kappa shape index (κ1) is 9.26. The quantitative estimate of drug-likeness (QED) is 0.607. The number of carboxylic acid groups (broad SMARTS) is 1. The number of anilines is 1. The molecule has 2 aromatic rings. The van der Waals surface area contributed by atoms with E-state index in [1.807, 2.05) is 0 Å². The molecule has 0 radical (unpaired) electrons. The van der Waals surface area contributed by atoms with E-state index in [0.717, 1.165) is 6.07 Å². The molecule has 0 aliphatic carbocycles. The fourth-order valence-electron chi connectivity index (χ4n) is 1.40. The number of aromatic nitrogens is 1. The summed E-state index contributed by atoms with van der Waals surface area (Å²) in [5.41, 5.74) is 6.17. The molecule has 0 bridgehead atoms. The van der Waals surface area contributed by atoms with E-state index in [-0.39, 0.29) is 11.4 Å². The zero-order valence-corrected chi connectivity index (χ0v) is 7.64. The number of carbonyl (C=O) groups is 1. The molecule has 1 aromatic heterocycles. The maximum absolute atomic E-state index is 10.7. The maximum Gasteiger partial charge on any atom is 0.354 e. The third kappa shape index (κ3) is 1.43. The van der Waals surface area contributed by atoms with Gasteiger partial charge in [0.15, 0.2) is 5.69 Å². The van der Waals surface area contributed by atoms with E-state index in [9.17, 15) is 9.90 Å². The Labute approximate surface area is 84.8 Å². The Morgan fingerprint density at radius 1 is 1.40 bits per heavy atom. The number of aromatic hydroxyl groups is 1. The van der Waals surface area contributed by atoms with E-state index in [0.29, 0.717) is 16.6 Å². The molecule has 5 nitrogen and oxygen atoms in total. The van der Waals surface area contributed by atoms with Crippen LogP contribution in [0.3, 0.4) is 0 Å². The lowest BCUT2D eigenvalue weighted by Crippen LogP contribution is -2.00. The number of hydrogen-bond acceptors (Lipinski definition) is 4. The van der Waals surface area contributed by atoms with Crippen LogP contribution in [0.4, 0.5) is 5.69 Å². The standard InChI is InChI=1S/C10H8N2O3/c11-5-2-1-3-6-9(5)8(13)4-7(12-6)10(14)15/h1-4H,11H2,(H,12,13)(H,14,15). The highest BCUT2D eigenvalue weighted by Gasteiger charge is 2.11. The molecule has 1 aromatic carbocycles. The van der Waals surface area contributed by atoms with Gasteiger partial charge in [-0.2, -0.15) is 0 Å². The van der Waals surface area contributed by atoms with E-state index in [1.54, 1.807) is 18.2 Å². The number of pyridine rings is 1. The minimum Gasteiger partial charge on any atom is -0.507 e. The molecule has 0 unspecified atom stereocenters. The highest BCUT2D eigenvalue weighted by molar-refractivity contribution is 5.98. The van der Waals surface area contributed by atoms with Crippen LogP contribution in [-0.2, 0) is 0 Å². The summed E-state index contributed by atoms with van der Waals surface area (Å²) in [7, 11) is 0. The van der Waals surface area contributed by atoms with Gasteiger partial charge in [-0.3, -0.25) is 0 Å². The van der Waals surface area contributed by atoms with Crippen LogP contribution in [-0.4, -0.2) is 21.2 Å². The van der Waals surface area contributed by atoms with Crippen molar-refractivity contribution < 1.29 is 15.0 Å². The van der Waals surface area contributed by atoms with Crippen molar-refractivity contribution in [3.8, 4) is 5.75 Å². The van der Waals surface area contributed by atoms with Crippen LogP contribution in [0.25, 0.3) is 10.9 Å². The van der Waals surface area contributed by atoms with Gasteiger partial charge in [0, 0.05) is 11.8 Å². The zero-order valence-electron chi connectivity index (χ0n) is 7.64. The maximum atomic E-state index is 10.7. The van der Waals surface area contributed by atoms with Gasteiger partial charge in [-0.25, -0.2) is 9.78 Å². The van der Waals surface area contributed by atoms with E-state index < -0.39 is 5.97 Å². The molecule has 5 heteroatoms. The van der Waals surface area contributed by atoms with Gasteiger partial charge in [-0.05, 0) is 12.1 Å². The van der Waals surface area contributed by atoms with Crippen molar-refractivity contribution in [2.24, 2.45) is 0 Å². The Hall–Kier alpha value is -2.30. The van der Waals surface area contributed by atoms with E-state index in [4.69, 9.17) is 10.8 Å². The molecule has 0 aliphatic rings. The monoisotopic (exact) mass is 204 g/mol. The number of carboxylic acids is 1. The Kier molecular flexibility index (Phi) is 1.93. The van der Waals surface area contributed by atoms with Crippen molar-refractivity contribution >= 4 is 22.6 Å². The average Bonchev–Trinajstić information content (AvgIpc) is 2.17. The lowest BCUT2D eigenvalue weighted by atomic mass is 10.1. The molecule has 0 fully saturated rings. The summed E-state index contributed by atoms with van der Waals surface area (Å²) >= 11 is 0.